The van der Waals surface area contributed by atoms with Gasteiger partial charge in [0.2, 0.25) is 5.75 Å². The van der Waals surface area contributed by atoms with E-state index in [4.69, 9.17) is 33.2 Å². The van der Waals surface area contributed by atoms with Crippen LogP contribution in [-0.2, 0) is 19.1 Å². The van der Waals surface area contributed by atoms with Crippen LogP contribution < -0.4 is 23.7 Å². The smallest absolute Gasteiger partial charge is 0.331 e. The Morgan fingerprint density at radius 3 is 2.00 bits per heavy atom. The van der Waals surface area contributed by atoms with Gasteiger partial charge in [-0.1, -0.05) is 30.3 Å². The van der Waals surface area contributed by atoms with Crippen LogP contribution in [0.5, 0.6) is 28.7 Å². The number of cyclic esters (lactones) is 1. The summed E-state index contributed by atoms with van der Waals surface area (Å²) in [6.45, 7) is 0.0958. The Balaban J connectivity index is 1.65. The number of carbonyl (C=O) groups is 2. The van der Waals surface area contributed by atoms with Gasteiger partial charge in [0, 0.05) is 23.5 Å². The lowest BCUT2D eigenvalue weighted by molar-refractivity contribution is -0.148. The Hall–Kier alpha value is -4.66. The van der Waals surface area contributed by atoms with Crippen molar-refractivity contribution in [2.24, 2.45) is 11.8 Å². The Labute approximate surface area is 238 Å². The number of carbonyl (C=O) groups excluding carboxylic acids is 2. The van der Waals surface area contributed by atoms with Crippen molar-refractivity contribution >= 4 is 18.0 Å². The molecule has 9 heteroatoms. The van der Waals surface area contributed by atoms with E-state index in [0.717, 1.165) is 16.7 Å². The molecule has 1 aliphatic carbocycles. The topological polar surface area (TPSA) is 98.8 Å². The average Bonchev–Trinajstić information content (AvgIpc) is 3.39. The quantitative estimate of drug-likeness (QED) is 0.266. The van der Waals surface area contributed by atoms with Crippen LogP contribution in [0.4, 0.5) is 0 Å². The zero-order valence-electron chi connectivity index (χ0n) is 23.5. The first-order valence-electron chi connectivity index (χ1n) is 13.1. The van der Waals surface area contributed by atoms with E-state index >= 15 is 0 Å². The van der Waals surface area contributed by atoms with Crippen molar-refractivity contribution in [3.8, 4) is 28.7 Å². The molecule has 9 nitrogen and oxygen atoms in total. The maximum Gasteiger partial charge on any atom is 0.331 e. The molecule has 1 aliphatic heterocycles. The first-order valence-corrected chi connectivity index (χ1v) is 13.1. The zero-order valence-corrected chi connectivity index (χ0v) is 23.5. The van der Waals surface area contributed by atoms with Crippen molar-refractivity contribution < 1.29 is 42.7 Å². The third-order valence-corrected chi connectivity index (χ3v) is 7.63. The molecule has 0 spiro atoms. The lowest BCUT2D eigenvalue weighted by Crippen LogP contribution is -2.36. The summed E-state index contributed by atoms with van der Waals surface area (Å²) in [5.74, 6) is -0.234. The maximum absolute atomic E-state index is 13.3. The Kier molecular flexibility index (Phi) is 8.05. The van der Waals surface area contributed by atoms with Gasteiger partial charge >= 0.3 is 11.9 Å². The summed E-state index contributed by atoms with van der Waals surface area (Å²) in [7, 11) is 7.69. The van der Waals surface area contributed by atoms with Gasteiger partial charge in [-0.2, -0.15) is 0 Å². The molecule has 2 aliphatic rings. The van der Waals surface area contributed by atoms with E-state index in [1.165, 1.54) is 27.4 Å². The first-order chi connectivity index (χ1) is 19.9. The van der Waals surface area contributed by atoms with Crippen LogP contribution in [-0.4, -0.2) is 54.1 Å². The molecule has 0 saturated carbocycles. The molecule has 0 aromatic heterocycles. The number of hydrogen-bond donors (Lipinski definition) is 0. The number of methoxy groups -OCH3 is 5. The molecule has 0 amide bonds. The largest absolute Gasteiger partial charge is 0.493 e. The van der Waals surface area contributed by atoms with E-state index in [9.17, 15) is 9.59 Å². The number of esters is 2. The minimum Gasteiger partial charge on any atom is -0.493 e. The molecular formula is C32H32O9. The summed E-state index contributed by atoms with van der Waals surface area (Å²) in [5, 5.41) is 0. The second-order valence-electron chi connectivity index (χ2n) is 9.69. The van der Waals surface area contributed by atoms with Crippen molar-refractivity contribution in [2.75, 3.05) is 42.2 Å². The molecule has 0 N–H and O–H groups in total. The van der Waals surface area contributed by atoms with Gasteiger partial charge in [-0.05, 0) is 47.0 Å². The van der Waals surface area contributed by atoms with Crippen LogP contribution in [0.15, 0.2) is 60.7 Å². The fourth-order valence-electron chi connectivity index (χ4n) is 5.77. The molecular weight excluding hydrogens is 528 g/mol. The molecule has 3 aromatic carbocycles. The summed E-state index contributed by atoms with van der Waals surface area (Å²) in [5.41, 5.74) is 3.04. The maximum atomic E-state index is 13.3. The fourth-order valence-corrected chi connectivity index (χ4v) is 5.77. The molecule has 3 aromatic rings. The minimum absolute atomic E-state index is 0.0958. The first kappa shape index (κ1) is 27.9. The van der Waals surface area contributed by atoms with Crippen molar-refractivity contribution in [3.63, 3.8) is 0 Å². The van der Waals surface area contributed by atoms with Gasteiger partial charge < -0.3 is 33.2 Å². The van der Waals surface area contributed by atoms with Crippen LogP contribution in [0.25, 0.3) is 6.08 Å². The number of hydrogen-bond acceptors (Lipinski definition) is 9. The molecule has 214 valence electrons. The monoisotopic (exact) mass is 560 g/mol. The predicted molar refractivity (Wildman–Crippen MR) is 150 cm³/mol. The Morgan fingerprint density at radius 2 is 1.41 bits per heavy atom. The van der Waals surface area contributed by atoms with Gasteiger partial charge in [-0.15, -0.1) is 0 Å². The lowest BCUT2D eigenvalue weighted by Gasteiger charge is -2.38. The minimum atomic E-state index is -0.771. The van der Waals surface area contributed by atoms with Crippen molar-refractivity contribution in [1.82, 2.24) is 0 Å². The van der Waals surface area contributed by atoms with Crippen LogP contribution in [0, 0.1) is 11.8 Å². The van der Waals surface area contributed by atoms with Crippen LogP contribution >= 0.6 is 0 Å². The average molecular weight is 561 g/mol. The third kappa shape index (κ3) is 5.15. The lowest BCUT2D eigenvalue weighted by atomic mass is 9.66. The standard InChI is InChI=1S/C32H32O9/c1-35-23-15-20-21(16-24(23)36-2)30(41-27(33)12-11-18-9-7-6-8-10-18)22-17-40-32(34)29(22)28(20)19-13-25(37-3)31(39-5)26(14-19)38-4/h6-16,22,28-30H,17H2,1-5H3/b12-11+/t22-,28+,29-,30-/m0/s1. The van der Waals surface area contributed by atoms with E-state index in [0.29, 0.717) is 34.3 Å². The van der Waals surface area contributed by atoms with Gasteiger partial charge in [0.1, 0.15) is 6.10 Å². The van der Waals surface area contributed by atoms with Gasteiger partial charge in [-0.25, -0.2) is 4.79 Å². The molecule has 0 unspecified atom stereocenters. The molecule has 0 bridgehead atoms. The summed E-state index contributed by atoms with van der Waals surface area (Å²) in [4.78, 5) is 26.4. The molecule has 0 radical (unpaired) electrons. The van der Waals surface area contributed by atoms with Crippen molar-refractivity contribution in [2.45, 2.75) is 12.0 Å². The molecule has 5 rings (SSSR count). The summed E-state index contributed by atoms with van der Waals surface area (Å²) < 4.78 is 39.6. The van der Waals surface area contributed by atoms with Gasteiger partial charge in [0.15, 0.2) is 23.0 Å². The molecule has 1 saturated heterocycles. The SMILES string of the molecule is COc1cc2c(cc1OC)[C@H](OC(=O)/C=C/c1ccccc1)[C@H]1COC(=O)[C@@H]1[C@@H]2c1cc(OC)c(OC)c(OC)c1. The number of ether oxygens (including phenoxy) is 7. The predicted octanol–water partition coefficient (Wildman–Crippen LogP) is 4.96. The van der Waals surface area contributed by atoms with Gasteiger partial charge in [0.25, 0.3) is 0 Å². The van der Waals surface area contributed by atoms with E-state index in [2.05, 4.69) is 0 Å². The highest BCUT2D eigenvalue weighted by Crippen LogP contribution is 2.56. The Morgan fingerprint density at radius 1 is 0.805 bits per heavy atom. The normalized spacial score (nSPS) is 21.0. The highest BCUT2D eigenvalue weighted by atomic mass is 16.6. The van der Waals surface area contributed by atoms with E-state index in [1.54, 1.807) is 26.4 Å². The number of benzene rings is 3. The molecule has 41 heavy (non-hydrogen) atoms. The zero-order chi connectivity index (χ0) is 29.1. The molecule has 1 heterocycles. The molecule has 1 fully saturated rings. The van der Waals surface area contributed by atoms with Gasteiger partial charge in [0.05, 0.1) is 48.1 Å². The highest BCUT2D eigenvalue weighted by molar-refractivity contribution is 5.87. The summed E-state index contributed by atoms with van der Waals surface area (Å²) in [6.07, 6.45) is 2.30. The molecule has 4 atom stereocenters. The Bertz CT molecular complexity index is 1440. The fraction of sp³-hybridized carbons (Fsp3) is 0.312. The summed E-state index contributed by atoms with van der Waals surface area (Å²) >= 11 is 0. The second kappa shape index (κ2) is 11.8. The van der Waals surface area contributed by atoms with Crippen LogP contribution in [0.2, 0.25) is 0 Å². The second-order valence-corrected chi connectivity index (χ2v) is 9.69. The van der Waals surface area contributed by atoms with E-state index < -0.39 is 29.8 Å². The van der Waals surface area contributed by atoms with E-state index in [1.807, 2.05) is 48.5 Å². The van der Waals surface area contributed by atoms with Crippen molar-refractivity contribution in [1.29, 1.82) is 0 Å². The summed E-state index contributed by atoms with van der Waals surface area (Å²) in [6, 6.07) is 16.7. The van der Waals surface area contributed by atoms with Crippen LogP contribution in [0.3, 0.4) is 0 Å². The highest BCUT2D eigenvalue weighted by Gasteiger charge is 2.54. The van der Waals surface area contributed by atoms with Crippen molar-refractivity contribution in [3.05, 3.63) is 82.9 Å². The number of fused-ring (bicyclic) bond motifs is 2. The third-order valence-electron chi connectivity index (χ3n) is 7.63. The van der Waals surface area contributed by atoms with Crippen LogP contribution in [0.1, 0.15) is 34.3 Å². The van der Waals surface area contributed by atoms with Gasteiger partial charge in [-0.3, -0.25) is 4.79 Å². The van der Waals surface area contributed by atoms with E-state index in [-0.39, 0.29) is 12.6 Å². The number of rotatable bonds is 9.